The maximum Gasteiger partial charge on any atom is 0.310 e. The van der Waals surface area contributed by atoms with Gasteiger partial charge in [-0.15, -0.1) is 0 Å². The van der Waals surface area contributed by atoms with E-state index in [4.69, 9.17) is 11.6 Å². The van der Waals surface area contributed by atoms with Gasteiger partial charge in [-0.1, -0.05) is 49.4 Å². The number of hydrogen-bond acceptors (Lipinski definition) is 2. The quantitative estimate of drug-likeness (QED) is 0.829. The SMILES string of the molecule is CN(Cc1ccc(Cl)cc1)CC1(C(=O)O)CCCCCC1. The predicted molar refractivity (Wildman–Crippen MR) is 85.6 cm³/mol. The zero-order valence-electron chi connectivity index (χ0n) is 12.6. The highest BCUT2D eigenvalue weighted by molar-refractivity contribution is 6.30. The molecular formula is C17H24ClNO2. The van der Waals surface area contributed by atoms with Crippen molar-refractivity contribution in [1.29, 1.82) is 0 Å². The molecule has 1 aliphatic carbocycles. The van der Waals surface area contributed by atoms with E-state index in [-0.39, 0.29) is 0 Å². The van der Waals surface area contributed by atoms with Gasteiger partial charge in [0.25, 0.3) is 0 Å². The molecule has 1 aromatic carbocycles. The monoisotopic (exact) mass is 309 g/mol. The van der Waals surface area contributed by atoms with Crippen LogP contribution >= 0.6 is 11.6 Å². The van der Waals surface area contributed by atoms with Crippen molar-refractivity contribution in [2.45, 2.75) is 45.1 Å². The van der Waals surface area contributed by atoms with E-state index in [9.17, 15) is 9.90 Å². The molecule has 0 unspecified atom stereocenters. The van der Waals surface area contributed by atoms with Crippen LogP contribution in [0.15, 0.2) is 24.3 Å². The predicted octanol–water partition coefficient (Wildman–Crippen LogP) is 4.20. The number of aliphatic carboxylic acids is 1. The average Bonchev–Trinajstić information content (AvgIpc) is 2.68. The van der Waals surface area contributed by atoms with Crippen LogP contribution in [0.5, 0.6) is 0 Å². The molecule has 0 spiro atoms. The Labute approximate surface area is 131 Å². The number of halogens is 1. The van der Waals surface area contributed by atoms with Gasteiger partial charge in [0.2, 0.25) is 0 Å². The van der Waals surface area contributed by atoms with Crippen molar-refractivity contribution in [3.05, 3.63) is 34.9 Å². The second kappa shape index (κ2) is 7.28. The molecule has 1 fully saturated rings. The van der Waals surface area contributed by atoms with E-state index in [2.05, 4.69) is 4.90 Å². The summed E-state index contributed by atoms with van der Waals surface area (Å²) in [5.74, 6) is -0.632. The van der Waals surface area contributed by atoms with Crippen LogP contribution in [0.1, 0.15) is 44.1 Å². The van der Waals surface area contributed by atoms with Crippen molar-refractivity contribution in [3.8, 4) is 0 Å². The van der Waals surface area contributed by atoms with Crippen LogP contribution < -0.4 is 0 Å². The molecule has 1 saturated carbocycles. The number of carbonyl (C=O) groups is 1. The lowest BCUT2D eigenvalue weighted by Gasteiger charge is -2.32. The maximum atomic E-state index is 11.8. The van der Waals surface area contributed by atoms with Gasteiger partial charge in [0.05, 0.1) is 5.41 Å². The lowest BCUT2D eigenvalue weighted by Crippen LogP contribution is -2.41. The van der Waals surface area contributed by atoms with Crippen LogP contribution in [-0.2, 0) is 11.3 Å². The lowest BCUT2D eigenvalue weighted by molar-refractivity contribution is -0.151. The zero-order valence-corrected chi connectivity index (χ0v) is 13.4. The first-order chi connectivity index (χ1) is 10.0. The molecule has 0 aromatic heterocycles. The van der Waals surface area contributed by atoms with Gasteiger partial charge in [-0.2, -0.15) is 0 Å². The Hall–Kier alpha value is -1.06. The normalized spacial score (nSPS) is 18.4. The molecule has 0 atom stereocenters. The maximum absolute atomic E-state index is 11.8. The highest BCUT2D eigenvalue weighted by Gasteiger charge is 2.39. The third kappa shape index (κ3) is 4.45. The van der Waals surface area contributed by atoms with Gasteiger partial charge < -0.3 is 10.0 Å². The Morgan fingerprint density at radius 2 is 1.76 bits per heavy atom. The summed E-state index contributed by atoms with van der Waals surface area (Å²) in [7, 11) is 2.00. The summed E-state index contributed by atoms with van der Waals surface area (Å²) in [6.07, 6.45) is 5.98. The Bertz CT molecular complexity index is 464. The molecule has 0 aliphatic heterocycles. The van der Waals surface area contributed by atoms with E-state index in [0.29, 0.717) is 6.54 Å². The van der Waals surface area contributed by atoms with Crippen molar-refractivity contribution in [2.75, 3.05) is 13.6 Å². The molecule has 1 aromatic rings. The highest BCUT2D eigenvalue weighted by Crippen LogP contribution is 2.36. The molecule has 3 nitrogen and oxygen atoms in total. The fraction of sp³-hybridized carbons (Fsp3) is 0.588. The van der Waals surface area contributed by atoms with Crippen molar-refractivity contribution >= 4 is 17.6 Å². The summed E-state index contributed by atoms with van der Waals surface area (Å²) in [5, 5.41) is 10.4. The fourth-order valence-electron chi connectivity index (χ4n) is 3.32. The molecule has 0 amide bonds. The third-order valence-corrected chi connectivity index (χ3v) is 4.70. The minimum atomic E-state index is -0.632. The van der Waals surface area contributed by atoms with Gasteiger partial charge in [-0.05, 0) is 37.6 Å². The number of nitrogens with zero attached hydrogens (tertiary/aromatic N) is 1. The molecule has 116 valence electrons. The van der Waals surface area contributed by atoms with Crippen molar-refractivity contribution in [1.82, 2.24) is 4.90 Å². The molecule has 0 bridgehead atoms. The van der Waals surface area contributed by atoms with E-state index in [1.54, 1.807) is 0 Å². The second-order valence-electron chi connectivity index (χ2n) is 6.30. The molecular weight excluding hydrogens is 286 g/mol. The summed E-state index contributed by atoms with van der Waals surface area (Å²) < 4.78 is 0. The van der Waals surface area contributed by atoms with E-state index in [1.807, 2.05) is 31.3 Å². The van der Waals surface area contributed by atoms with Gasteiger partial charge in [-0.25, -0.2) is 0 Å². The van der Waals surface area contributed by atoms with Gasteiger partial charge >= 0.3 is 5.97 Å². The summed E-state index contributed by atoms with van der Waals surface area (Å²) in [5.41, 5.74) is 0.591. The van der Waals surface area contributed by atoms with Gasteiger partial charge in [0.15, 0.2) is 0 Å². The lowest BCUT2D eigenvalue weighted by atomic mass is 9.80. The molecule has 0 heterocycles. The first kappa shape index (κ1) is 16.3. The summed E-state index contributed by atoms with van der Waals surface area (Å²) in [6.45, 7) is 1.37. The molecule has 1 aliphatic rings. The summed E-state index contributed by atoms with van der Waals surface area (Å²) >= 11 is 5.89. The molecule has 0 radical (unpaired) electrons. The number of carboxylic acids is 1. The minimum Gasteiger partial charge on any atom is -0.481 e. The Morgan fingerprint density at radius 3 is 2.29 bits per heavy atom. The topological polar surface area (TPSA) is 40.5 Å². The molecule has 1 N–H and O–H groups in total. The molecule has 21 heavy (non-hydrogen) atoms. The van der Waals surface area contributed by atoms with Crippen LogP contribution in [0.4, 0.5) is 0 Å². The number of carboxylic acid groups (broad SMARTS) is 1. The van der Waals surface area contributed by atoms with Crippen molar-refractivity contribution in [3.63, 3.8) is 0 Å². The van der Waals surface area contributed by atoms with Crippen LogP contribution in [0.2, 0.25) is 5.02 Å². The minimum absolute atomic E-state index is 0.572. The Balaban J connectivity index is 2.02. The van der Waals surface area contributed by atoms with E-state index in [1.165, 1.54) is 0 Å². The van der Waals surface area contributed by atoms with Crippen LogP contribution in [0.25, 0.3) is 0 Å². The third-order valence-electron chi connectivity index (χ3n) is 4.45. The average molecular weight is 310 g/mol. The fourth-order valence-corrected chi connectivity index (χ4v) is 3.44. The van der Waals surface area contributed by atoms with Gasteiger partial charge in [-0.3, -0.25) is 4.79 Å². The second-order valence-corrected chi connectivity index (χ2v) is 6.73. The standard InChI is InChI=1S/C17H24ClNO2/c1-19(12-14-6-8-15(18)9-7-14)13-17(16(20)21)10-4-2-3-5-11-17/h6-9H,2-5,10-13H2,1H3,(H,20,21). The number of rotatable bonds is 5. The van der Waals surface area contributed by atoms with E-state index in [0.717, 1.165) is 55.7 Å². The summed E-state index contributed by atoms with van der Waals surface area (Å²) in [4.78, 5) is 13.9. The number of benzene rings is 1. The van der Waals surface area contributed by atoms with Crippen LogP contribution in [0.3, 0.4) is 0 Å². The van der Waals surface area contributed by atoms with Crippen molar-refractivity contribution < 1.29 is 9.90 Å². The number of hydrogen-bond donors (Lipinski definition) is 1. The van der Waals surface area contributed by atoms with Gasteiger partial charge in [0.1, 0.15) is 0 Å². The van der Waals surface area contributed by atoms with Crippen LogP contribution in [-0.4, -0.2) is 29.6 Å². The van der Waals surface area contributed by atoms with Gasteiger partial charge in [0, 0.05) is 18.1 Å². The smallest absolute Gasteiger partial charge is 0.310 e. The largest absolute Gasteiger partial charge is 0.481 e. The first-order valence-electron chi connectivity index (χ1n) is 7.68. The molecule has 2 rings (SSSR count). The zero-order chi connectivity index (χ0) is 15.3. The van der Waals surface area contributed by atoms with E-state index >= 15 is 0 Å². The Morgan fingerprint density at radius 1 is 1.19 bits per heavy atom. The Kier molecular flexibility index (Phi) is 5.65. The first-order valence-corrected chi connectivity index (χ1v) is 8.06. The van der Waals surface area contributed by atoms with Crippen molar-refractivity contribution in [2.24, 2.45) is 5.41 Å². The highest BCUT2D eigenvalue weighted by atomic mass is 35.5. The van der Waals surface area contributed by atoms with Crippen LogP contribution in [0, 0.1) is 5.41 Å². The molecule has 0 saturated heterocycles. The molecule has 4 heteroatoms. The summed E-state index contributed by atoms with van der Waals surface area (Å²) in [6, 6.07) is 7.76. The van der Waals surface area contributed by atoms with E-state index < -0.39 is 11.4 Å².